The summed E-state index contributed by atoms with van der Waals surface area (Å²) in [6.45, 7) is 3.73. The second-order valence-corrected chi connectivity index (χ2v) is 17.4. The number of aliphatic hydroxyl groups is 1. The normalized spacial score (nSPS) is 23.6. The molecule has 8 rings (SSSR count). The molecule has 4 aliphatic rings. The van der Waals surface area contributed by atoms with Gasteiger partial charge in [-0.15, -0.1) is 0 Å². The Hall–Kier alpha value is -5.20. The zero-order chi connectivity index (χ0) is 48.5. The highest BCUT2D eigenvalue weighted by Gasteiger charge is 2.45. The summed E-state index contributed by atoms with van der Waals surface area (Å²) in [6, 6.07) is 11.6. The molecule has 364 valence electrons. The van der Waals surface area contributed by atoms with Crippen LogP contribution in [0.5, 0.6) is 11.5 Å². The minimum absolute atomic E-state index is 0.00597. The number of pyridine rings is 2. The molecule has 2 aromatic carbocycles. The Kier molecular flexibility index (Phi) is 14.7. The highest BCUT2D eigenvalue weighted by molar-refractivity contribution is 5.59. The van der Waals surface area contributed by atoms with Crippen molar-refractivity contribution in [3.05, 3.63) is 113 Å². The lowest BCUT2D eigenvalue weighted by molar-refractivity contribution is -0.138. The van der Waals surface area contributed by atoms with Crippen LogP contribution in [0.3, 0.4) is 0 Å². The van der Waals surface area contributed by atoms with Crippen molar-refractivity contribution in [3.8, 4) is 11.5 Å². The van der Waals surface area contributed by atoms with Gasteiger partial charge in [-0.3, -0.25) is 0 Å². The van der Waals surface area contributed by atoms with Crippen molar-refractivity contribution < 1.29 is 67.3 Å². The van der Waals surface area contributed by atoms with Crippen molar-refractivity contribution in [1.29, 1.82) is 0 Å². The van der Waals surface area contributed by atoms with Crippen LogP contribution in [0.4, 0.5) is 64.3 Å². The van der Waals surface area contributed by atoms with Gasteiger partial charge in [-0.25, -0.2) is 9.97 Å². The van der Waals surface area contributed by atoms with Crippen LogP contribution in [-0.2, 0) is 24.7 Å². The Balaban J connectivity index is 0.000000199. The van der Waals surface area contributed by atoms with Gasteiger partial charge in [0.05, 0.1) is 28.4 Å². The summed E-state index contributed by atoms with van der Waals surface area (Å²) in [7, 11) is 0. The summed E-state index contributed by atoms with van der Waals surface area (Å²) in [4.78, 5) is 12.2. The first-order valence-electron chi connectivity index (χ1n) is 22.3. The van der Waals surface area contributed by atoms with Crippen molar-refractivity contribution in [2.24, 2.45) is 0 Å². The SMILES string of the molecule is CC/C=C\c1cc(C(F)(F)F)ccc1OC1C[C@H]2CC[C@@H](C1)N2c1ccc(C(F)(F)F)cn1.CCCC(O)c1cc(C(F)(F)F)ccc1OC1C[C@H]2CC[C@@H](C1)N2c1ccc(C(F)(F)F)cn1. The summed E-state index contributed by atoms with van der Waals surface area (Å²) in [5.41, 5.74) is -2.65. The van der Waals surface area contributed by atoms with Crippen molar-refractivity contribution in [3.63, 3.8) is 0 Å². The standard InChI is InChI=1S/C24H26F6N2O2.C24H24F6N2O/c1-2-3-20(33)19-10-14(23(25,26)27)4-8-21(19)34-18-11-16-6-7-17(12-18)32(16)22-9-5-15(13-31-22)24(28,29)30;1-2-3-4-15-11-16(23(25,26)27)5-9-21(15)33-20-12-18-7-8-19(13-20)32(18)22-10-6-17(14-31-22)24(28,29)30/h4-5,8-10,13,16-18,20,33H,2-3,6-7,11-12H2,1H3;3-6,9-11,14,18-20H,2,7-8,12-13H2,1H3/b;4-3-/t16-,17+,18?,20?;18-,19+,20?. The minimum Gasteiger partial charge on any atom is -0.490 e. The average molecular weight is 959 g/mol. The Morgan fingerprint density at radius 1 is 0.582 bits per heavy atom. The molecule has 0 amide bonds. The second-order valence-electron chi connectivity index (χ2n) is 17.4. The number of halogens is 12. The molecule has 4 aromatic rings. The Bertz CT molecular complexity index is 2290. The van der Waals surface area contributed by atoms with E-state index >= 15 is 0 Å². The summed E-state index contributed by atoms with van der Waals surface area (Å²) < 4.78 is 169. The number of anilines is 2. The van der Waals surface area contributed by atoms with Crippen LogP contribution in [0.15, 0.2) is 79.1 Å². The van der Waals surface area contributed by atoms with Gasteiger partial charge >= 0.3 is 24.7 Å². The highest BCUT2D eigenvalue weighted by Crippen LogP contribution is 2.44. The summed E-state index contributed by atoms with van der Waals surface area (Å²) in [5, 5.41) is 10.5. The number of benzene rings is 2. The largest absolute Gasteiger partial charge is 0.490 e. The van der Waals surface area contributed by atoms with E-state index in [-0.39, 0.29) is 47.7 Å². The lowest BCUT2D eigenvalue weighted by Gasteiger charge is -2.40. The van der Waals surface area contributed by atoms with Gasteiger partial charge in [-0.2, -0.15) is 52.7 Å². The fourth-order valence-corrected chi connectivity index (χ4v) is 9.70. The van der Waals surface area contributed by atoms with Crippen LogP contribution in [-0.4, -0.2) is 51.4 Å². The predicted octanol–water partition coefficient (Wildman–Crippen LogP) is 13.7. The monoisotopic (exact) mass is 958 g/mol. The van der Waals surface area contributed by atoms with Crippen molar-refractivity contribution in [2.45, 2.75) is 152 Å². The molecule has 0 aliphatic carbocycles. The molecule has 4 fully saturated rings. The molecule has 0 radical (unpaired) electrons. The smallest absolute Gasteiger partial charge is 0.417 e. The van der Waals surface area contributed by atoms with Gasteiger partial charge in [0.2, 0.25) is 0 Å². The Morgan fingerprint density at radius 2 is 0.985 bits per heavy atom. The fourth-order valence-electron chi connectivity index (χ4n) is 9.70. The van der Waals surface area contributed by atoms with Crippen molar-refractivity contribution in [2.75, 3.05) is 9.80 Å². The molecule has 3 unspecified atom stereocenters. The molecular weight excluding hydrogens is 909 g/mol. The number of aliphatic hydroxyl groups excluding tert-OH is 1. The summed E-state index contributed by atoms with van der Waals surface area (Å²) in [5.74, 6) is 1.63. The molecular formula is C48H50F12N4O3. The maximum absolute atomic E-state index is 13.2. The topological polar surface area (TPSA) is 71.0 Å². The zero-order valence-corrected chi connectivity index (χ0v) is 36.5. The van der Waals surface area contributed by atoms with E-state index in [4.69, 9.17) is 9.47 Å². The van der Waals surface area contributed by atoms with Crippen molar-refractivity contribution in [1.82, 2.24) is 9.97 Å². The number of piperidine rings is 2. The predicted molar refractivity (Wildman–Crippen MR) is 226 cm³/mol. The molecule has 6 heterocycles. The van der Waals surface area contributed by atoms with Crippen LogP contribution < -0.4 is 19.3 Å². The van der Waals surface area contributed by atoms with Gasteiger partial charge in [0.15, 0.2) is 0 Å². The lowest BCUT2D eigenvalue weighted by Crippen LogP contribution is -2.47. The van der Waals surface area contributed by atoms with Gasteiger partial charge in [-0.1, -0.05) is 32.4 Å². The van der Waals surface area contributed by atoms with E-state index in [1.54, 1.807) is 12.2 Å². The third-order valence-electron chi connectivity index (χ3n) is 12.8. The number of nitrogens with zero attached hydrogens (tertiary/aromatic N) is 4. The number of hydrogen-bond acceptors (Lipinski definition) is 7. The van der Waals surface area contributed by atoms with E-state index in [2.05, 4.69) is 14.9 Å². The van der Waals surface area contributed by atoms with Crippen molar-refractivity contribution >= 4 is 17.7 Å². The molecule has 0 saturated carbocycles. The van der Waals surface area contributed by atoms with Gasteiger partial charge in [-0.05, 0) is 99.2 Å². The molecule has 4 bridgehead atoms. The van der Waals surface area contributed by atoms with Gasteiger partial charge < -0.3 is 24.4 Å². The lowest BCUT2D eigenvalue weighted by atomic mass is 9.98. The van der Waals surface area contributed by atoms with E-state index < -0.39 is 53.1 Å². The number of aromatic nitrogens is 2. The molecule has 4 saturated heterocycles. The van der Waals surface area contributed by atoms with E-state index in [1.165, 1.54) is 24.3 Å². The highest BCUT2D eigenvalue weighted by atomic mass is 19.4. The van der Waals surface area contributed by atoms with Crippen LogP contribution in [0.1, 0.15) is 124 Å². The Labute approximate surface area is 379 Å². The first-order valence-corrected chi connectivity index (χ1v) is 22.3. The van der Waals surface area contributed by atoms with E-state index in [0.717, 1.165) is 74.5 Å². The zero-order valence-electron chi connectivity index (χ0n) is 36.5. The number of rotatable bonds is 11. The van der Waals surface area contributed by atoms with E-state index in [1.807, 2.05) is 18.7 Å². The summed E-state index contributed by atoms with van der Waals surface area (Å²) >= 11 is 0. The van der Waals surface area contributed by atoms with Gasteiger partial charge in [0.25, 0.3) is 0 Å². The molecule has 0 spiro atoms. The average Bonchev–Trinajstić information content (AvgIpc) is 3.69. The maximum atomic E-state index is 13.2. The molecule has 2 aromatic heterocycles. The number of hydrogen-bond donors (Lipinski definition) is 1. The third kappa shape index (κ3) is 11.7. The minimum atomic E-state index is -4.53. The van der Waals surface area contributed by atoms with E-state index in [0.29, 0.717) is 67.9 Å². The maximum Gasteiger partial charge on any atom is 0.417 e. The number of alkyl halides is 12. The number of fused-ring (bicyclic) bond motifs is 4. The molecule has 1 N–H and O–H groups in total. The fraction of sp³-hybridized carbons (Fsp3) is 0.500. The molecule has 67 heavy (non-hydrogen) atoms. The first-order chi connectivity index (χ1) is 31.5. The van der Waals surface area contributed by atoms with Crippen LogP contribution >= 0.6 is 0 Å². The molecule has 19 heteroatoms. The Morgan fingerprint density at radius 3 is 1.37 bits per heavy atom. The molecule has 7 nitrogen and oxygen atoms in total. The number of allylic oxidation sites excluding steroid dienone is 1. The van der Waals surface area contributed by atoms with E-state index in [9.17, 15) is 57.8 Å². The van der Waals surface area contributed by atoms with Crippen LogP contribution in [0.2, 0.25) is 0 Å². The quantitative estimate of drug-likeness (QED) is 0.150. The first kappa shape index (κ1) is 49.7. The third-order valence-corrected chi connectivity index (χ3v) is 12.8. The van der Waals surface area contributed by atoms with Gasteiger partial charge in [0.1, 0.15) is 35.3 Å². The molecule has 4 aliphatic heterocycles. The molecule has 7 atom stereocenters. The summed E-state index contributed by atoms with van der Waals surface area (Å²) in [6.07, 6.45) is -6.97. The van der Waals surface area contributed by atoms with Crippen LogP contribution in [0, 0.1) is 0 Å². The number of ether oxygens (including phenoxy) is 2. The van der Waals surface area contributed by atoms with Crippen LogP contribution in [0.25, 0.3) is 6.08 Å². The van der Waals surface area contributed by atoms with Gasteiger partial charge in [0, 0.05) is 73.4 Å². The second kappa shape index (κ2) is 19.8.